The van der Waals surface area contributed by atoms with Gasteiger partial charge in [-0.05, 0) is 24.3 Å². The third-order valence-electron chi connectivity index (χ3n) is 4.10. The van der Waals surface area contributed by atoms with E-state index in [0.717, 1.165) is 4.31 Å². The molecule has 1 aliphatic rings. The lowest BCUT2D eigenvalue weighted by molar-refractivity contribution is -0.129. The van der Waals surface area contributed by atoms with Gasteiger partial charge in [-0.2, -0.15) is 0 Å². The molecule has 2 N–H and O–H groups in total. The van der Waals surface area contributed by atoms with E-state index >= 15 is 0 Å². The number of aromatic nitrogens is 1. The van der Waals surface area contributed by atoms with Crippen LogP contribution in [0.4, 0.5) is 0 Å². The van der Waals surface area contributed by atoms with Gasteiger partial charge in [0.05, 0.1) is 28.7 Å². The Hall–Kier alpha value is -2.62. The summed E-state index contributed by atoms with van der Waals surface area (Å²) in [6.45, 7) is 0.150. The van der Waals surface area contributed by atoms with E-state index in [2.05, 4.69) is 15.6 Å². The number of rotatable bonds is 6. The van der Waals surface area contributed by atoms with Crippen LogP contribution in [0.2, 0.25) is 10.0 Å². The molecule has 0 aliphatic carbocycles. The molecular formula is C18H16Cl2N4O4S. The summed E-state index contributed by atoms with van der Waals surface area (Å²) < 4.78 is 27.0. The van der Waals surface area contributed by atoms with Gasteiger partial charge in [0, 0.05) is 18.6 Å². The van der Waals surface area contributed by atoms with E-state index in [1.165, 1.54) is 30.6 Å². The van der Waals surface area contributed by atoms with Crippen molar-refractivity contribution in [3.63, 3.8) is 0 Å². The van der Waals surface area contributed by atoms with E-state index in [0.29, 0.717) is 5.69 Å². The summed E-state index contributed by atoms with van der Waals surface area (Å²) in [4.78, 5) is 28.5. The van der Waals surface area contributed by atoms with Crippen molar-refractivity contribution in [2.24, 2.45) is 0 Å². The number of hydrogen-bond donors (Lipinski definition) is 2. The molecule has 0 saturated carbocycles. The van der Waals surface area contributed by atoms with Gasteiger partial charge in [-0.15, -0.1) is 0 Å². The van der Waals surface area contributed by atoms with Crippen molar-refractivity contribution in [3.8, 4) is 0 Å². The molecule has 29 heavy (non-hydrogen) atoms. The number of nitrogens with zero attached hydrogens (tertiary/aromatic N) is 2. The molecule has 2 heterocycles. The van der Waals surface area contributed by atoms with Gasteiger partial charge in [0.2, 0.25) is 11.8 Å². The monoisotopic (exact) mass is 454 g/mol. The number of sulfonamides is 1. The molecule has 3 rings (SSSR count). The quantitative estimate of drug-likeness (QED) is 0.693. The van der Waals surface area contributed by atoms with Crippen molar-refractivity contribution in [1.29, 1.82) is 0 Å². The lowest BCUT2D eigenvalue weighted by Crippen LogP contribution is -2.51. The number of pyridine rings is 1. The van der Waals surface area contributed by atoms with E-state index in [-0.39, 0.29) is 27.9 Å². The second kappa shape index (κ2) is 8.81. The molecule has 0 radical (unpaired) electrons. The molecule has 11 heteroatoms. The van der Waals surface area contributed by atoms with E-state index in [9.17, 15) is 18.0 Å². The minimum atomic E-state index is -4.23. The summed E-state index contributed by atoms with van der Waals surface area (Å²) in [5.74, 6) is -1.15. The zero-order chi connectivity index (χ0) is 21.0. The highest BCUT2D eigenvalue weighted by molar-refractivity contribution is 7.89. The topological polar surface area (TPSA) is 108 Å². The normalized spacial score (nSPS) is 16.4. The number of amides is 2. The Labute approximate surface area is 177 Å². The molecule has 1 aromatic heterocycles. The van der Waals surface area contributed by atoms with Gasteiger partial charge in [0.1, 0.15) is 10.9 Å². The van der Waals surface area contributed by atoms with Crippen molar-refractivity contribution in [1.82, 2.24) is 19.9 Å². The van der Waals surface area contributed by atoms with Gasteiger partial charge in [-0.3, -0.25) is 18.9 Å². The van der Waals surface area contributed by atoms with Crippen LogP contribution in [0.1, 0.15) is 12.1 Å². The molecule has 2 amide bonds. The number of benzene rings is 1. The molecule has 0 bridgehead atoms. The first-order valence-corrected chi connectivity index (χ1v) is 10.6. The van der Waals surface area contributed by atoms with Crippen LogP contribution < -0.4 is 10.6 Å². The van der Waals surface area contributed by atoms with E-state index < -0.39 is 27.9 Å². The summed E-state index contributed by atoms with van der Waals surface area (Å²) in [6.07, 6.45) is 3.55. The summed E-state index contributed by atoms with van der Waals surface area (Å²) in [5.41, 5.74) is 0.629. The molecule has 1 aliphatic heterocycles. The van der Waals surface area contributed by atoms with Crippen LogP contribution in [0.3, 0.4) is 0 Å². The number of nitrogens with one attached hydrogen (secondary N) is 2. The van der Waals surface area contributed by atoms with Crippen molar-refractivity contribution < 1.29 is 18.0 Å². The molecule has 1 aromatic carbocycles. The maximum absolute atomic E-state index is 13.1. The highest BCUT2D eigenvalue weighted by Crippen LogP contribution is 2.32. The molecule has 8 nitrogen and oxygen atoms in total. The van der Waals surface area contributed by atoms with Gasteiger partial charge in [-0.25, -0.2) is 8.42 Å². The van der Waals surface area contributed by atoms with Crippen LogP contribution in [0.25, 0.3) is 0 Å². The highest BCUT2D eigenvalue weighted by Gasteiger charge is 2.38. The maximum atomic E-state index is 13.1. The smallest absolute Gasteiger partial charge is 0.266 e. The predicted octanol–water partition coefficient (Wildman–Crippen LogP) is 2.06. The van der Waals surface area contributed by atoms with Crippen LogP contribution >= 0.6 is 23.2 Å². The molecular weight excluding hydrogens is 439 g/mol. The molecule has 0 unspecified atom stereocenters. The average Bonchev–Trinajstić information content (AvgIpc) is 2.70. The SMILES string of the molecule is O=C(C[C@@H]1C(=O)NC=CN1S(=O)(=O)c1cccc(Cl)c1Cl)NCc1ccccn1. The fraction of sp³-hybridized carbons (Fsp3) is 0.167. The second-order valence-electron chi connectivity index (χ2n) is 6.03. The number of carbonyl (C=O) groups excluding carboxylic acids is 2. The fourth-order valence-electron chi connectivity index (χ4n) is 2.68. The third kappa shape index (κ3) is 4.69. The van der Waals surface area contributed by atoms with Crippen LogP contribution in [0, 0.1) is 0 Å². The Kier molecular flexibility index (Phi) is 6.41. The van der Waals surface area contributed by atoms with Crippen molar-refractivity contribution in [2.45, 2.75) is 23.9 Å². The minimum absolute atomic E-state index is 0.0582. The summed E-state index contributed by atoms with van der Waals surface area (Å²) in [6, 6.07) is 8.12. The molecule has 0 fully saturated rings. The lowest BCUT2D eigenvalue weighted by Gasteiger charge is -2.31. The first kappa shape index (κ1) is 21.1. The van der Waals surface area contributed by atoms with Gasteiger partial charge in [0.15, 0.2) is 0 Å². The largest absolute Gasteiger partial charge is 0.350 e. The average molecular weight is 455 g/mol. The Balaban J connectivity index is 1.81. The number of hydrogen-bond acceptors (Lipinski definition) is 5. The fourth-order valence-corrected chi connectivity index (χ4v) is 4.86. The van der Waals surface area contributed by atoms with Gasteiger partial charge in [-0.1, -0.05) is 35.3 Å². The van der Waals surface area contributed by atoms with Gasteiger partial charge >= 0.3 is 0 Å². The Morgan fingerprint density at radius 3 is 2.72 bits per heavy atom. The molecule has 2 aromatic rings. The third-order valence-corrected chi connectivity index (χ3v) is 6.86. The number of carbonyl (C=O) groups is 2. The van der Waals surface area contributed by atoms with Crippen LogP contribution in [-0.4, -0.2) is 35.6 Å². The molecule has 0 saturated heterocycles. The Morgan fingerprint density at radius 2 is 2.00 bits per heavy atom. The minimum Gasteiger partial charge on any atom is -0.350 e. The van der Waals surface area contributed by atoms with Crippen molar-refractivity contribution in [2.75, 3.05) is 0 Å². The first-order chi connectivity index (χ1) is 13.8. The number of halogens is 2. The van der Waals surface area contributed by atoms with Gasteiger partial charge in [0.25, 0.3) is 10.0 Å². The zero-order valence-electron chi connectivity index (χ0n) is 14.9. The Bertz CT molecular complexity index is 1060. The lowest BCUT2D eigenvalue weighted by atomic mass is 10.1. The van der Waals surface area contributed by atoms with Crippen LogP contribution in [-0.2, 0) is 26.2 Å². The van der Waals surface area contributed by atoms with Crippen molar-refractivity contribution in [3.05, 3.63) is 70.7 Å². The Morgan fingerprint density at radius 1 is 1.21 bits per heavy atom. The highest BCUT2D eigenvalue weighted by atomic mass is 35.5. The molecule has 152 valence electrons. The van der Waals surface area contributed by atoms with E-state index in [1.54, 1.807) is 24.4 Å². The predicted molar refractivity (Wildman–Crippen MR) is 107 cm³/mol. The van der Waals surface area contributed by atoms with Crippen molar-refractivity contribution >= 4 is 45.0 Å². The summed E-state index contributed by atoms with van der Waals surface area (Å²) in [5, 5.41) is 4.94. The molecule has 1 atom stereocenters. The standard InChI is InChI=1S/C18H16Cl2N4O4S/c19-13-5-3-6-15(17(13)20)29(27,28)24-9-8-22-18(26)14(24)10-16(25)23-11-12-4-1-2-7-21-12/h1-9,14H,10-11H2,(H,22,26)(H,23,25)/t14-/m1/s1. The molecule has 0 spiro atoms. The second-order valence-corrected chi connectivity index (χ2v) is 8.63. The zero-order valence-corrected chi connectivity index (χ0v) is 17.2. The van der Waals surface area contributed by atoms with E-state index in [4.69, 9.17) is 23.2 Å². The van der Waals surface area contributed by atoms with Gasteiger partial charge < -0.3 is 10.6 Å². The maximum Gasteiger partial charge on any atom is 0.266 e. The van der Waals surface area contributed by atoms with E-state index in [1.807, 2.05) is 0 Å². The van der Waals surface area contributed by atoms with Crippen LogP contribution in [0.15, 0.2) is 59.9 Å². The summed E-state index contributed by atoms with van der Waals surface area (Å²) >= 11 is 12.0. The van der Waals surface area contributed by atoms with Crippen LogP contribution in [0.5, 0.6) is 0 Å². The summed E-state index contributed by atoms with van der Waals surface area (Å²) in [7, 11) is -4.23. The first-order valence-electron chi connectivity index (χ1n) is 8.42.